The molecule has 0 bridgehead atoms. The van der Waals surface area contributed by atoms with Crippen LogP contribution in [0.4, 0.5) is 0 Å². The molecule has 0 fully saturated rings. The van der Waals surface area contributed by atoms with E-state index in [4.69, 9.17) is 10.5 Å². The number of nitrogens with two attached hydrogens (primary N) is 1. The maximum atomic E-state index is 11.4. The molecule has 0 aliphatic rings. The van der Waals surface area contributed by atoms with Crippen LogP contribution in [-0.2, 0) is 4.79 Å². The molecule has 1 unspecified atom stereocenters. The molecule has 1 aromatic carbocycles. The lowest BCUT2D eigenvalue weighted by Crippen LogP contribution is -2.33. The highest BCUT2D eigenvalue weighted by molar-refractivity contribution is 9.10. The van der Waals surface area contributed by atoms with Gasteiger partial charge < -0.3 is 15.8 Å². The fraction of sp³-hybridized carbons (Fsp3) is 0.364. The van der Waals surface area contributed by atoms with Crippen LogP contribution < -0.4 is 15.8 Å². The predicted molar refractivity (Wildman–Crippen MR) is 66.3 cm³/mol. The Labute approximate surface area is 103 Å². The monoisotopic (exact) mass is 286 g/mol. The fourth-order valence-electron chi connectivity index (χ4n) is 1.50. The fourth-order valence-corrected chi connectivity index (χ4v) is 1.88. The van der Waals surface area contributed by atoms with Gasteiger partial charge >= 0.3 is 0 Å². The summed E-state index contributed by atoms with van der Waals surface area (Å²) in [5.41, 5.74) is 6.10. The molecule has 0 aliphatic carbocycles. The van der Waals surface area contributed by atoms with E-state index in [1.54, 1.807) is 13.2 Å². The van der Waals surface area contributed by atoms with Gasteiger partial charge in [0.25, 0.3) is 0 Å². The topological polar surface area (TPSA) is 64.3 Å². The Morgan fingerprint density at radius 3 is 2.81 bits per heavy atom. The van der Waals surface area contributed by atoms with Gasteiger partial charge in [0.2, 0.25) is 5.91 Å². The van der Waals surface area contributed by atoms with Crippen molar-refractivity contribution in [1.82, 2.24) is 5.32 Å². The molecule has 1 aromatic rings. The normalized spacial score (nSPS) is 12.2. The maximum absolute atomic E-state index is 11.4. The Morgan fingerprint density at radius 1 is 1.62 bits per heavy atom. The first-order valence-corrected chi connectivity index (χ1v) is 5.75. The second-order valence-electron chi connectivity index (χ2n) is 3.28. The number of hydrogen-bond donors (Lipinski definition) is 2. The molecule has 3 N–H and O–H groups in total. The number of likely N-dealkylation sites (N-methyl/N-ethyl adjacent to an activating group) is 1. The third-order valence-electron chi connectivity index (χ3n) is 2.20. The van der Waals surface area contributed by atoms with E-state index in [1.807, 2.05) is 19.1 Å². The van der Waals surface area contributed by atoms with E-state index in [0.29, 0.717) is 12.3 Å². The van der Waals surface area contributed by atoms with Crippen molar-refractivity contribution in [3.63, 3.8) is 0 Å². The van der Waals surface area contributed by atoms with E-state index < -0.39 is 11.9 Å². The van der Waals surface area contributed by atoms with Crippen LogP contribution >= 0.6 is 15.9 Å². The first-order chi connectivity index (χ1) is 7.60. The highest BCUT2D eigenvalue weighted by Gasteiger charge is 2.20. The van der Waals surface area contributed by atoms with Crippen LogP contribution in [0, 0.1) is 0 Å². The van der Waals surface area contributed by atoms with Crippen molar-refractivity contribution in [3.05, 3.63) is 28.2 Å². The molecule has 0 spiro atoms. The zero-order chi connectivity index (χ0) is 12.1. The van der Waals surface area contributed by atoms with Gasteiger partial charge in [-0.2, -0.15) is 0 Å². The van der Waals surface area contributed by atoms with Gasteiger partial charge in [0.05, 0.1) is 7.11 Å². The SMILES string of the molecule is CCNC(C(N)=O)c1cc(Br)ccc1OC. The first-order valence-electron chi connectivity index (χ1n) is 4.96. The molecule has 5 heteroatoms. The molecule has 0 aliphatic heterocycles. The van der Waals surface area contributed by atoms with E-state index >= 15 is 0 Å². The van der Waals surface area contributed by atoms with Crippen molar-refractivity contribution >= 4 is 21.8 Å². The molecule has 0 saturated carbocycles. The Morgan fingerprint density at radius 2 is 2.31 bits per heavy atom. The Kier molecular flexibility index (Phi) is 4.76. The number of methoxy groups -OCH3 is 1. The number of nitrogens with one attached hydrogen (secondary N) is 1. The highest BCUT2D eigenvalue weighted by atomic mass is 79.9. The average molecular weight is 287 g/mol. The largest absolute Gasteiger partial charge is 0.496 e. The summed E-state index contributed by atoms with van der Waals surface area (Å²) in [7, 11) is 1.57. The molecule has 1 amide bonds. The summed E-state index contributed by atoms with van der Waals surface area (Å²) in [5, 5.41) is 3.02. The molecule has 88 valence electrons. The second-order valence-corrected chi connectivity index (χ2v) is 4.20. The molecule has 1 atom stereocenters. The Bertz CT molecular complexity index is 382. The average Bonchev–Trinajstić information content (AvgIpc) is 2.25. The van der Waals surface area contributed by atoms with Crippen molar-refractivity contribution in [1.29, 1.82) is 0 Å². The summed E-state index contributed by atoms with van der Waals surface area (Å²) in [6, 6.07) is 4.95. The number of ether oxygens (including phenoxy) is 1. The van der Waals surface area contributed by atoms with Gasteiger partial charge in [-0.25, -0.2) is 0 Å². The van der Waals surface area contributed by atoms with Crippen molar-refractivity contribution in [3.8, 4) is 5.75 Å². The molecule has 16 heavy (non-hydrogen) atoms. The van der Waals surface area contributed by atoms with E-state index in [9.17, 15) is 4.79 Å². The van der Waals surface area contributed by atoms with Crippen LogP contribution in [0.25, 0.3) is 0 Å². The molecule has 0 aromatic heterocycles. The van der Waals surface area contributed by atoms with Crippen LogP contribution in [0.2, 0.25) is 0 Å². The number of carbonyl (C=O) groups excluding carboxylic acids is 1. The molecule has 1 rings (SSSR count). The van der Waals surface area contributed by atoms with E-state index in [1.165, 1.54) is 0 Å². The third kappa shape index (κ3) is 2.96. The second kappa shape index (κ2) is 5.86. The molecular weight excluding hydrogens is 272 g/mol. The number of hydrogen-bond acceptors (Lipinski definition) is 3. The third-order valence-corrected chi connectivity index (χ3v) is 2.69. The summed E-state index contributed by atoms with van der Waals surface area (Å²) in [4.78, 5) is 11.4. The summed E-state index contributed by atoms with van der Waals surface area (Å²) >= 11 is 3.36. The van der Waals surface area contributed by atoms with E-state index in [-0.39, 0.29) is 0 Å². The summed E-state index contributed by atoms with van der Waals surface area (Å²) in [5.74, 6) is 0.228. The van der Waals surface area contributed by atoms with Gasteiger partial charge in [0, 0.05) is 10.0 Å². The lowest BCUT2D eigenvalue weighted by atomic mass is 10.1. The van der Waals surface area contributed by atoms with Crippen molar-refractivity contribution < 1.29 is 9.53 Å². The Balaban J connectivity index is 3.15. The minimum Gasteiger partial charge on any atom is -0.496 e. The number of amides is 1. The number of carbonyl (C=O) groups is 1. The smallest absolute Gasteiger partial charge is 0.239 e. The molecule has 4 nitrogen and oxygen atoms in total. The van der Waals surface area contributed by atoms with Crippen LogP contribution in [0.3, 0.4) is 0 Å². The maximum Gasteiger partial charge on any atom is 0.239 e. The van der Waals surface area contributed by atoms with Gasteiger partial charge in [-0.1, -0.05) is 22.9 Å². The van der Waals surface area contributed by atoms with E-state index in [0.717, 1.165) is 10.0 Å². The molecule has 0 heterocycles. The molecular formula is C11H15BrN2O2. The van der Waals surface area contributed by atoms with E-state index in [2.05, 4.69) is 21.2 Å². The quantitative estimate of drug-likeness (QED) is 0.864. The Hall–Kier alpha value is -1.07. The number of primary amides is 1. The predicted octanol–water partition coefficient (Wildman–Crippen LogP) is 1.59. The van der Waals surface area contributed by atoms with Crippen molar-refractivity contribution in [2.75, 3.05) is 13.7 Å². The minimum atomic E-state index is -0.530. The summed E-state index contributed by atoms with van der Waals surface area (Å²) < 4.78 is 6.09. The summed E-state index contributed by atoms with van der Waals surface area (Å²) in [6.07, 6.45) is 0. The minimum absolute atomic E-state index is 0.418. The molecule has 0 radical (unpaired) electrons. The van der Waals surface area contributed by atoms with Crippen LogP contribution in [0.15, 0.2) is 22.7 Å². The number of halogens is 1. The van der Waals surface area contributed by atoms with Gasteiger partial charge in [-0.15, -0.1) is 0 Å². The zero-order valence-corrected chi connectivity index (χ0v) is 10.9. The van der Waals surface area contributed by atoms with Crippen LogP contribution in [0.5, 0.6) is 5.75 Å². The van der Waals surface area contributed by atoms with Crippen LogP contribution in [-0.4, -0.2) is 19.6 Å². The highest BCUT2D eigenvalue weighted by Crippen LogP contribution is 2.28. The van der Waals surface area contributed by atoms with Gasteiger partial charge in [-0.05, 0) is 24.7 Å². The lowest BCUT2D eigenvalue weighted by molar-refractivity contribution is -0.120. The standard InChI is InChI=1S/C11H15BrN2O2/c1-3-14-10(11(13)15)8-6-7(12)4-5-9(8)16-2/h4-6,10,14H,3H2,1-2H3,(H2,13,15). The van der Waals surface area contributed by atoms with Gasteiger partial charge in [0.1, 0.15) is 11.8 Å². The van der Waals surface area contributed by atoms with Crippen molar-refractivity contribution in [2.24, 2.45) is 5.73 Å². The lowest BCUT2D eigenvalue weighted by Gasteiger charge is -2.17. The summed E-state index contributed by atoms with van der Waals surface area (Å²) in [6.45, 7) is 2.57. The van der Waals surface area contributed by atoms with Gasteiger partial charge in [0.15, 0.2) is 0 Å². The van der Waals surface area contributed by atoms with Gasteiger partial charge in [-0.3, -0.25) is 4.79 Å². The van der Waals surface area contributed by atoms with Crippen molar-refractivity contribution in [2.45, 2.75) is 13.0 Å². The zero-order valence-electron chi connectivity index (χ0n) is 9.29. The molecule has 0 saturated heterocycles. The first kappa shape index (κ1) is 13.0. The number of rotatable bonds is 5. The number of benzene rings is 1. The van der Waals surface area contributed by atoms with Crippen LogP contribution in [0.1, 0.15) is 18.5 Å².